The molecule has 0 saturated carbocycles. The van der Waals surface area contributed by atoms with Crippen molar-refractivity contribution in [2.75, 3.05) is 37.7 Å². The van der Waals surface area contributed by atoms with Crippen molar-refractivity contribution in [3.63, 3.8) is 0 Å². The van der Waals surface area contributed by atoms with E-state index >= 15 is 0 Å². The molecule has 2 heterocycles. The number of benzene rings is 1. The van der Waals surface area contributed by atoms with Gasteiger partial charge in [-0.1, -0.05) is 30.3 Å². The zero-order chi connectivity index (χ0) is 19.8. The Bertz CT molecular complexity index is 822. The summed E-state index contributed by atoms with van der Waals surface area (Å²) >= 11 is 0. The minimum absolute atomic E-state index is 0.0566. The van der Waals surface area contributed by atoms with E-state index in [4.69, 9.17) is 4.74 Å². The van der Waals surface area contributed by atoms with E-state index in [1.165, 1.54) is 4.68 Å². The highest BCUT2D eigenvalue weighted by Crippen LogP contribution is 2.22. The standard InChI is InChI=1S/C21H28N4O3/c1-2-28-12-6-10-22-21(27)18-9-11-24(16-18)19-13-20(26)25(23-14-19)15-17-7-4-3-5-8-17/h3-5,7-8,13-14,18H,2,6,9-12,15-16H2,1H3,(H,22,27). The van der Waals surface area contributed by atoms with Crippen molar-refractivity contribution in [3.05, 3.63) is 58.5 Å². The van der Waals surface area contributed by atoms with Gasteiger partial charge in [-0.3, -0.25) is 9.59 Å². The Hall–Kier alpha value is -2.67. The highest BCUT2D eigenvalue weighted by Gasteiger charge is 2.28. The molecular weight excluding hydrogens is 356 g/mol. The topological polar surface area (TPSA) is 76.5 Å². The summed E-state index contributed by atoms with van der Waals surface area (Å²) in [4.78, 5) is 26.8. The molecule has 1 aromatic heterocycles. The first-order chi connectivity index (χ1) is 13.7. The van der Waals surface area contributed by atoms with Crippen molar-refractivity contribution < 1.29 is 9.53 Å². The van der Waals surface area contributed by atoms with Gasteiger partial charge in [-0.15, -0.1) is 0 Å². The summed E-state index contributed by atoms with van der Waals surface area (Å²) in [5, 5.41) is 7.29. The van der Waals surface area contributed by atoms with E-state index in [-0.39, 0.29) is 17.4 Å². The average Bonchev–Trinajstić information content (AvgIpc) is 3.20. The molecule has 3 rings (SSSR count). The van der Waals surface area contributed by atoms with Crippen LogP contribution in [0.25, 0.3) is 0 Å². The van der Waals surface area contributed by atoms with Gasteiger partial charge in [0, 0.05) is 38.9 Å². The van der Waals surface area contributed by atoms with Crippen LogP contribution in [0.15, 0.2) is 47.4 Å². The summed E-state index contributed by atoms with van der Waals surface area (Å²) in [6, 6.07) is 11.4. The van der Waals surface area contributed by atoms with Gasteiger partial charge in [0.2, 0.25) is 5.91 Å². The maximum absolute atomic E-state index is 12.4. The third-order valence-corrected chi connectivity index (χ3v) is 4.92. The molecule has 0 aliphatic carbocycles. The van der Waals surface area contributed by atoms with Gasteiger partial charge in [-0.2, -0.15) is 5.10 Å². The number of rotatable bonds is 9. The first-order valence-electron chi connectivity index (χ1n) is 9.89. The molecule has 0 spiro atoms. The number of ether oxygens (including phenoxy) is 1. The molecule has 1 aliphatic rings. The number of hydrogen-bond acceptors (Lipinski definition) is 5. The van der Waals surface area contributed by atoms with Gasteiger partial charge in [0.1, 0.15) is 0 Å². The minimum atomic E-state index is -0.134. The van der Waals surface area contributed by atoms with E-state index in [1.807, 2.05) is 37.3 Å². The molecule has 1 fully saturated rings. The zero-order valence-corrected chi connectivity index (χ0v) is 16.3. The molecular formula is C21H28N4O3. The van der Waals surface area contributed by atoms with Crippen LogP contribution in [0.4, 0.5) is 5.69 Å². The molecule has 7 heteroatoms. The lowest BCUT2D eigenvalue weighted by molar-refractivity contribution is -0.124. The lowest BCUT2D eigenvalue weighted by Crippen LogP contribution is -2.34. The molecule has 1 saturated heterocycles. The lowest BCUT2D eigenvalue weighted by atomic mass is 10.1. The number of aromatic nitrogens is 2. The smallest absolute Gasteiger partial charge is 0.269 e. The molecule has 1 aromatic carbocycles. The van der Waals surface area contributed by atoms with Crippen molar-refractivity contribution in [1.29, 1.82) is 0 Å². The van der Waals surface area contributed by atoms with Gasteiger partial charge in [-0.05, 0) is 25.3 Å². The molecule has 1 amide bonds. The summed E-state index contributed by atoms with van der Waals surface area (Å²) in [6.07, 6.45) is 3.32. The van der Waals surface area contributed by atoms with E-state index in [9.17, 15) is 9.59 Å². The maximum atomic E-state index is 12.4. The van der Waals surface area contributed by atoms with Gasteiger partial charge in [-0.25, -0.2) is 4.68 Å². The summed E-state index contributed by atoms with van der Waals surface area (Å²) in [5.41, 5.74) is 1.68. The highest BCUT2D eigenvalue weighted by atomic mass is 16.5. The van der Waals surface area contributed by atoms with Crippen LogP contribution in [0.1, 0.15) is 25.3 Å². The molecule has 0 radical (unpaired) electrons. The van der Waals surface area contributed by atoms with Crippen LogP contribution in [-0.4, -0.2) is 48.5 Å². The number of carbonyl (C=O) groups is 1. The fourth-order valence-corrected chi connectivity index (χ4v) is 3.36. The first kappa shape index (κ1) is 20.1. The molecule has 7 nitrogen and oxygen atoms in total. The molecule has 0 bridgehead atoms. The number of nitrogens with one attached hydrogen (secondary N) is 1. The Balaban J connectivity index is 1.53. The Kier molecular flexibility index (Phi) is 7.19. The van der Waals surface area contributed by atoms with Crippen LogP contribution in [0.3, 0.4) is 0 Å². The summed E-state index contributed by atoms with van der Waals surface area (Å²) in [5.74, 6) is 0.0169. The summed E-state index contributed by atoms with van der Waals surface area (Å²) in [6.45, 7) is 5.77. The molecule has 150 valence electrons. The van der Waals surface area contributed by atoms with Gasteiger partial charge in [0.25, 0.3) is 5.56 Å². The van der Waals surface area contributed by atoms with Crippen molar-refractivity contribution in [2.24, 2.45) is 5.92 Å². The quantitative estimate of drug-likeness (QED) is 0.666. The summed E-state index contributed by atoms with van der Waals surface area (Å²) < 4.78 is 6.73. The Labute approximate surface area is 165 Å². The normalized spacial score (nSPS) is 16.3. The van der Waals surface area contributed by atoms with Crippen LogP contribution >= 0.6 is 0 Å². The van der Waals surface area contributed by atoms with Gasteiger partial charge in [0.15, 0.2) is 0 Å². The number of anilines is 1. The Morgan fingerprint density at radius 1 is 1.32 bits per heavy atom. The Morgan fingerprint density at radius 3 is 2.89 bits per heavy atom. The van der Waals surface area contributed by atoms with Crippen molar-refractivity contribution in [2.45, 2.75) is 26.3 Å². The lowest BCUT2D eigenvalue weighted by Gasteiger charge is -2.18. The molecule has 28 heavy (non-hydrogen) atoms. The van der Waals surface area contributed by atoms with Crippen molar-refractivity contribution in [1.82, 2.24) is 15.1 Å². The zero-order valence-electron chi connectivity index (χ0n) is 16.3. The molecule has 1 N–H and O–H groups in total. The molecule has 2 aromatic rings. The van der Waals surface area contributed by atoms with Gasteiger partial charge in [0.05, 0.1) is 24.3 Å². The van der Waals surface area contributed by atoms with Crippen molar-refractivity contribution in [3.8, 4) is 0 Å². The second-order valence-electron chi connectivity index (χ2n) is 6.97. The SMILES string of the molecule is CCOCCCNC(=O)C1CCN(c2cnn(Cc3ccccc3)c(=O)c2)C1. The van der Waals surface area contributed by atoms with Gasteiger partial charge < -0.3 is 15.0 Å². The fraction of sp³-hybridized carbons (Fsp3) is 0.476. The van der Waals surface area contributed by atoms with Crippen LogP contribution in [0, 0.1) is 5.92 Å². The minimum Gasteiger partial charge on any atom is -0.382 e. The number of nitrogens with zero attached hydrogens (tertiary/aromatic N) is 3. The van der Waals surface area contributed by atoms with Crippen LogP contribution in [-0.2, 0) is 16.1 Å². The van der Waals surface area contributed by atoms with E-state index in [0.717, 1.165) is 30.6 Å². The molecule has 1 unspecified atom stereocenters. The number of carbonyl (C=O) groups excluding carboxylic acids is 1. The third kappa shape index (κ3) is 5.42. The first-order valence-corrected chi connectivity index (χ1v) is 9.89. The van der Waals surface area contributed by atoms with Gasteiger partial charge >= 0.3 is 0 Å². The van der Waals surface area contributed by atoms with E-state index in [2.05, 4.69) is 15.3 Å². The average molecular weight is 384 g/mol. The summed E-state index contributed by atoms with van der Waals surface area (Å²) in [7, 11) is 0. The van der Waals surface area contributed by atoms with Crippen molar-refractivity contribution >= 4 is 11.6 Å². The maximum Gasteiger partial charge on any atom is 0.269 e. The second kappa shape index (κ2) is 10.0. The second-order valence-corrected chi connectivity index (χ2v) is 6.97. The highest BCUT2D eigenvalue weighted by molar-refractivity contribution is 5.80. The van der Waals surface area contributed by atoms with E-state index in [1.54, 1.807) is 12.3 Å². The fourth-order valence-electron chi connectivity index (χ4n) is 3.36. The predicted molar refractivity (Wildman–Crippen MR) is 108 cm³/mol. The monoisotopic (exact) mass is 384 g/mol. The van der Waals surface area contributed by atoms with Crippen LogP contribution in [0.5, 0.6) is 0 Å². The molecule has 1 aliphatic heterocycles. The number of hydrogen-bond donors (Lipinski definition) is 1. The van der Waals surface area contributed by atoms with E-state index < -0.39 is 0 Å². The molecule has 1 atom stereocenters. The third-order valence-electron chi connectivity index (χ3n) is 4.92. The Morgan fingerprint density at radius 2 is 2.14 bits per heavy atom. The predicted octanol–water partition coefficient (Wildman–Crippen LogP) is 1.66. The number of amides is 1. The van der Waals surface area contributed by atoms with Crippen LogP contribution < -0.4 is 15.8 Å². The largest absolute Gasteiger partial charge is 0.382 e. The van der Waals surface area contributed by atoms with Crippen LogP contribution in [0.2, 0.25) is 0 Å². The van der Waals surface area contributed by atoms with E-state index in [0.29, 0.717) is 32.8 Å².